The fourth-order valence-electron chi connectivity index (χ4n) is 3.11. The van der Waals surface area contributed by atoms with E-state index >= 15 is 0 Å². The van der Waals surface area contributed by atoms with E-state index in [1.807, 2.05) is 36.0 Å². The standard InChI is InChI=1S/C17H20N6O/c1-13-20-16-15(5-2-6-18-16)17(21-13)22-8-4-10-24-14(11-22)12-23-9-3-7-19-23/h2-3,5-7,9,14H,4,8,10-12H2,1H3/t14-/m0/s1. The monoisotopic (exact) mass is 324 g/mol. The Hall–Kier alpha value is -2.54. The Balaban J connectivity index is 1.65. The molecule has 0 unspecified atom stereocenters. The summed E-state index contributed by atoms with van der Waals surface area (Å²) < 4.78 is 7.92. The predicted molar refractivity (Wildman–Crippen MR) is 90.9 cm³/mol. The average Bonchev–Trinajstić information content (AvgIpc) is 2.98. The maximum atomic E-state index is 6.01. The predicted octanol–water partition coefficient (Wildman–Crippen LogP) is 1.83. The van der Waals surface area contributed by atoms with Crippen LogP contribution in [0.15, 0.2) is 36.8 Å². The van der Waals surface area contributed by atoms with Gasteiger partial charge in [-0.25, -0.2) is 15.0 Å². The second kappa shape index (κ2) is 6.52. The summed E-state index contributed by atoms with van der Waals surface area (Å²) in [6, 6.07) is 5.90. The average molecular weight is 324 g/mol. The first-order chi connectivity index (χ1) is 11.8. The lowest BCUT2D eigenvalue weighted by molar-refractivity contribution is 0.0543. The molecule has 1 aliphatic heterocycles. The number of anilines is 1. The van der Waals surface area contributed by atoms with Gasteiger partial charge in [-0.15, -0.1) is 0 Å². The van der Waals surface area contributed by atoms with Crippen molar-refractivity contribution in [3.05, 3.63) is 42.6 Å². The van der Waals surface area contributed by atoms with Crippen LogP contribution in [0.4, 0.5) is 5.82 Å². The number of rotatable bonds is 3. The minimum absolute atomic E-state index is 0.0781. The largest absolute Gasteiger partial charge is 0.374 e. The summed E-state index contributed by atoms with van der Waals surface area (Å²) in [5.41, 5.74) is 0.744. The quantitative estimate of drug-likeness (QED) is 0.732. The molecule has 0 aromatic carbocycles. The number of aryl methyl sites for hydroxylation is 1. The Bertz CT molecular complexity index is 819. The number of pyridine rings is 1. The Labute approximate surface area is 140 Å². The first-order valence-electron chi connectivity index (χ1n) is 8.23. The highest BCUT2D eigenvalue weighted by molar-refractivity contribution is 5.86. The van der Waals surface area contributed by atoms with E-state index in [2.05, 4.69) is 20.0 Å². The van der Waals surface area contributed by atoms with E-state index in [-0.39, 0.29) is 6.10 Å². The molecule has 1 atom stereocenters. The van der Waals surface area contributed by atoms with Crippen LogP contribution in [0, 0.1) is 6.92 Å². The van der Waals surface area contributed by atoms with Gasteiger partial charge in [0.05, 0.1) is 18.0 Å². The van der Waals surface area contributed by atoms with Crippen molar-refractivity contribution in [2.24, 2.45) is 0 Å². The van der Waals surface area contributed by atoms with Crippen molar-refractivity contribution < 1.29 is 4.74 Å². The molecule has 7 heteroatoms. The van der Waals surface area contributed by atoms with Gasteiger partial charge in [0.15, 0.2) is 5.65 Å². The first-order valence-corrected chi connectivity index (χ1v) is 8.23. The molecule has 1 aliphatic rings. The SMILES string of the molecule is Cc1nc(N2CCCO[C@H](Cn3cccn3)C2)c2cccnc2n1. The van der Waals surface area contributed by atoms with E-state index in [1.54, 1.807) is 12.4 Å². The van der Waals surface area contributed by atoms with E-state index < -0.39 is 0 Å². The molecule has 24 heavy (non-hydrogen) atoms. The van der Waals surface area contributed by atoms with E-state index in [1.165, 1.54) is 0 Å². The number of hydrogen-bond acceptors (Lipinski definition) is 6. The summed E-state index contributed by atoms with van der Waals surface area (Å²) in [7, 11) is 0. The van der Waals surface area contributed by atoms with Gasteiger partial charge in [-0.05, 0) is 31.5 Å². The van der Waals surface area contributed by atoms with Crippen molar-refractivity contribution in [3.8, 4) is 0 Å². The minimum atomic E-state index is 0.0781. The molecule has 0 amide bonds. The van der Waals surface area contributed by atoms with Crippen LogP contribution in [0.1, 0.15) is 12.2 Å². The number of aromatic nitrogens is 5. The number of hydrogen-bond donors (Lipinski definition) is 0. The minimum Gasteiger partial charge on any atom is -0.374 e. The zero-order valence-corrected chi connectivity index (χ0v) is 13.7. The second-order valence-electron chi connectivity index (χ2n) is 5.99. The van der Waals surface area contributed by atoms with Crippen LogP contribution in [-0.4, -0.2) is 50.5 Å². The maximum Gasteiger partial charge on any atom is 0.164 e. The van der Waals surface area contributed by atoms with Crippen LogP contribution < -0.4 is 4.90 Å². The molecule has 1 fully saturated rings. The lowest BCUT2D eigenvalue weighted by Crippen LogP contribution is -2.35. The zero-order chi connectivity index (χ0) is 16.4. The molecule has 3 aromatic heterocycles. The van der Waals surface area contributed by atoms with Gasteiger partial charge in [0, 0.05) is 38.3 Å². The summed E-state index contributed by atoms with van der Waals surface area (Å²) in [4.78, 5) is 15.8. The van der Waals surface area contributed by atoms with Gasteiger partial charge >= 0.3 is 0 Å². The Kier molecular flexibility index (Phi) is 4.08. The molecule has 4 heterocycles. The molecule has 0 radical (unpaired) electrons. The normalized spacial score (nSPS) is 18.7. The molecule has 0 spiro atoms. The highest BCUT2D eigenvalue weighted by Gasteiger charge is 2.22. The Morgan fingerprint density at radius 3 is 3.08 bits per heavy atom. The van der Waals surface area contributed by atoms with Gasteiger partial charge in [0.25, 0.3) is 0 Å². The summed E-state index contributed by atoms with van der Waals surface area (Å²) in [6.45, 7) is 5.09. The van der Waals surface area contributed by atoms with Crippen LogP contribution in [0.5, 0.6) is 0 Å². The van der Waals surface area contributed by atoms with Gasteiger partial charge in [0.2, 0.25) is 0 Å². The zero-order valence-electron chi connectivity index (χ0n) is 13.7. The van der Waals surface area contributed by atoms with Crippen molar-refractivity contribution in [2.45, 2.75) is 26.0 Å². The molecule has 4 rings (SSSR count). The lowest BCUT2D eigenvalue weighted by atomic mass is 10.2. The fourth-order valence-corrected chi connectivity index (χ4v) is 3.11. The van der Waals surface area contributed by atoms with Gasteiger partial charge < -0.3 is 9.64 Å². The second-order valence-corrected chi connectivity index (χ2v) is 5.99. The molecule has 0 bridgehead atoms. The van der Waals surface area contributed by atoms with E-state index in [9.17, 15) is 0 Å². The van der Waals surface area contributed by atoms with Crippen molar-refractivity contribution in [2.75, 3.05) is 24.6 Å². The number of nitrogens with zero attached hydrogens (tertiary/aromatic N) is 6. The van der Waals surface area contributed by atoms with E-state index in [4.69, 9.17) is 9.72 Å². The Morgan fingerprint density at radius 2 is 2.21 bits per heavy atom. The van der Waals surface area contributed by atoms with Crippen LogP contribution >= 0.6 is 0 Å². The topological polar surface area (TPSA) is 69.0 Å². The lowest BCUT2D eigenvalue weighted by Gasteiger charge is -2.26. The smallest absolute Gasteiger partial charge is 0.164 e. The molecule has 124 valence electrons. The van der Waals surface area contributed by atoms with Crippen LogP contribution in [-0.2, 0) is 11.3 Å². The fraction of sp³-hybridized carbons (Fsp3) is 0.412. The van der Waals surface area contributed by atoms with Crippen molar-refractivity contribution in [3.63, 3.8) is 0 Å². The van der Waals surface area contributed by atoms with Gasteiger partial charge in [-0.2, -0.15) is 5.10 Å². The highest BCUT2D eigenvalue weighted by atomic mass is 16.5. The molecular formula is C17H20N6O. The highest BCUT2D eigenvalue weighted by Crippen LogP contribution is 2.24. The van der Waals surface area contributed by atoms with Gasteiger partial charge in [-0.3, -0.25) is 4.68 Å². The summed E-state index contributed by atoms with van der Waals surface area (Å²) >= 11 is 0. The van der Waals surface area contributed by atoms with Crippen LogP contribution in [0.3, 0.4) is 0 Å². The Morgan fingerprint density at radius 1 is 1.25 bits per heavy atom. The summed E-state index contributed by atoms with van der Waals surface area (Å²) in [5.74, 6) is 1.69. The van der Waals surface area contributed by atoms with Gasteiger partial charge in [0.1, 0.15) is 11.6 Å². The number of ether oxygens (including phenoxy) is 1. The third kappa shape index (κ3) is 3.07. The van der Waals surface area contributed by atoms with Crippen LogP contribution in [0.25, 0.3) is 11.0 Å². The molecule has 0 saturated carbocycles. The molecule has 7 nitrogen and oxygen atoms in total. The van der Waals surface area contributed by atoms with Crippen molar-refractivity contribution in [1.82, 2.24) is 24.7 Å². The third-order valence-corrected chi connectivity index (χ3v) is 4.16. The third-order valence-electron chi connectivity index (χ3n) is 4.16. The first kappa shape index (κ1) is 15.0. The molecule has 0 N–H and O–H groups in total. The summed E-state index contributed by atoms with van der Waals surface area (Å²) in [5, 5.41) is 5.27. The summed E-state index contributed by atoms with van der Waals surface area (Å²) in [6.07, 6.45) is 6.58. The van der Waals surface area contributed by atoms with Crippen molar-refractivity contribution in [1.29, 1.82) is 0 Å². The maximum absolute atomic E-state index is 6.01. The molecule has 1 saturated heterocycles. The molecular weight excluding hydrogens is 304 g/mol. The molecule has 0 aliphatic carbocycles. The van der Waals surface area contributed by atoms with E-state index in [0.29, 0.717) is 0 Å². The number of fused-ring (bicyclic) bond motifs is 1. The molecule has 3 aromatic rings. The van der Waals surface area contributed by atoms with Gasteiger partial charge in [-0.1, -0.05) is 0 Å². The van der Waals surface area contributed by atoms with E-state index in [0.717, 1.165) is 55.3 Å². The van der Waals surface area contributed by atoms with Crippen LogP contribution in [0.2, 0.25) is 0 Å². The van der Waals surface area contributed by atoms with Crippen molar-refractivity contribution >= 4 is 16.9 Å².